The predicted octanol–water partition coefficient (Wildman–Crippen LogP) is 3.70. The smallest absolute Gasteiger partial charge is 0.306 e. The van der Waals surface area contributed by atoms with Crippen LogP contribution in [0.3, 0.4) is 0 Å². The van der Waals surface area contributed by atoms with Gasteiger partial charge in [0.05, 0.1) is 5.92 Å². The van der Waals surface area contributed by atoms with Gasteiger partial charge in [-0.2, -0.15) is 0 Å². The highest BCUT2D eigenvalue weighted by Crippen LogP contribution is 2.23. The predicted molar refractivity (Wildman–Crippen MR) is 59.3 cm³/mol. The molecular formula is C12H24O2. The number of hydrogen-bond acceptors (Lipinski definition) is 1. The number of hydrogen-bond donors (Lipinski definition) is 1. The second-order valence-electron chi connectivity index (χ2n) is 4.21. The number of carbonyl (C=O) groups is 1. The summed E-state index contributed by atoms with van der Waals surface area (Å²) in [6.45, 7) is 6.30. The maximum absolute atomic E-state index is 11.0. The molecular weight excluding hydrogens is 176 g/mol. The molecule has 0 spiro atoms. The van der Waals surface area contributed by atoms with Crippen LogP contribution in [0, 0.1) is 11.8 Å². The third kappa shape index (κ3) is 5.25. The van der Waals surface area contributed by atoms with E-state index in [1.54, 1.807) is 0 Å². The van der Waals surface area contributed by atoms with Crippen molar-refractivity contribution in [3.63, 3.8) is 0 Å². The van der Waals surface area contributed by atoms with Crippen LogP contribution in [-0.2, 0) is 4.79 Å². The minimum atomic E-state index is -0.615. The SMILES string of the molecule is CCCCCC(C)C(CCC)C(=O)O. The van der Waals surface area contributed by atoms with Crippen LogP contribution in [0.5, 0.6) is 0 Å². The van der Waals surface area contributed by atoms with Gasteiger partial charge in [0.15, 0.2) is 0 Å². The number of aliphatic carboxylic acids is 1. The maximum Gasteiger partial charge on any atom is 0.306 e. The largest absolute Gasteiger partial charge is 0.481 e. The Balaban J connectivity index is 3.88. The molecule has 0 aliphatic rings. The molecule has 2 heteroatoms. The van der Waals surface area contributed by atoms with Gasteiger partial charge in [0.1, 0.15) is 0 Å². The summed E-state index contributed by atoms with van der Waals surface area (Å²) < 4.78 is 0. The van der Waals surface area contributed by atoms with Crippen LogP contribution in [-0.4, -0.2) is 11.1 Å². The van der Waals surface area contributed by atoms with E-state index in [1.165, 1.54) is 19.3 Å². The van der Waals surface area contributed by atoms with Crippen LogP contribution in [0.15, 0.2) is 0 Å². The molecule has 0 rings (SSSR count). The summed E-state index contributed by atoms with van der Waals surface area (Å²) in [5.41, 5.74) is 0. The molecule has 0 saturated heterocycles. The van der Waals surface area contributed by atoms with Crippen molar-refractivity contribution in [1.29, 1.82) is 0 Å². The molecule has 0 aromatic carbocycles. The second-order valence-corrected chi connectivity index (χ2v) is 4.21. The molecule has 0 aromatic heterocycles. The Morgan fingerprint density at radius 1 is 1.14 bits per heavy atom. The topological polar surface area (TPSA) is 37.3 Å². The van der Waals surface area contributed by atoms with E-state index in [0.717, 1.165) is 19.3 Å². The molecule has 2 atom stereocenters. The van der Waals surface area contributed by atoms with E-state index in [9.17, 15) is 4.79 Å². The summed E-state index contributed by atoms with van der Waals surface area (Å²) in [7, 11) is 0. The first-order valence-corrected chi connectivity index (χ1v) is 5.86. The molecule has 0 aliphatic carbocycles. The van der Waals surface area contributed by atoms with Crippen LogP contribution in [0.4, 0.5) is 0 Å². The highest BCUT2D eigenvalue weighted by molar-refractivity contribution is 5.70. The van der Waals surface area contributed by atoms with Crippen molar-refractivity contribution in [2.45, 2.75) is 59.3 Å². The molecule has 0 radical (unpaired) electrons. The Kier molecular flexibility index (Phi) is 7.54. The molecule has 0 saturated carbocycles. The van der Waals surface area contributed by atoms with E-state index < -0.39 is 5.97 Å². The van der Waals surface area contributed by atoms with E-state index in [0.29, 0.717) is 5.92 Å². The van der Waals surface area contributed by atoms with Crippen LogP contribution >= 0.6 is 0 Å². The molecule has 1 N–H and O–H groups in total. The first kappa shape index (κ1) is 13.5. The standard InChI is InChI=1S/C12H24O2/c1-4-6-7-9-10(3)11(8-5-2)12(13)14/h10-11H,4-9H2,1-3H3,(H,13,14). The van der Waals surface area contributed by atoms with Gasteiger partial charge in [0, 0.05) is 0 Å². The molecule has 84 valence electrons. The van der Waals surface area contributed by atoms with Gasteiger partial charge in [-0.1, -0.05) is 46.5 Å². The molecule has 0 aromatic rings. The van der Waals surface area contributed by atoms with E-state index >= 15 is 0 Å². The summed E-state index contributed by atoms with van der Waals surface area (Å²) in [5, 5.41) is 9.03. The molecule has 14 heavy (non-hydrogen) atoms. The Hall–Kier alpha value is -0.530. The fourth-order valence-electron chi connectivity index (χ4n) is 1.88. The van der Waals surface area contributed by atoms with Crippen molar-refractivity contribution >= 4 is 5.97 Å². The van der Waals surface area contributed by atoms with E-state index in [4.69, 9.17) is 5.11 Å². The molecule has 0 bridgehead atoms. The van der Waals surface area contributed by atoms with Gasteiger partial charge in [-0.3, -0.25) is 4.79 Å². The van der Waals surface area contributed by atoms with Crippen LogP contribution < -0.4 is 0 Å². The fourth-order valence-corrected chi connectivity index (χ4v) is 1.88. The van der Waals surface area contributed by atoms with Crippen molar-refractivity contribution in [3.8, 4) is 0 Å². The molecule has 0 fully saturated rings. The van der Waals surface area contributed by atoms with Gasteiger partial charge in [-0.15, -0.1) is 0 Å². The van der Waals surface area contributed by atoms with Gasteiger partial charge >= 0.3 is 5.97 Å². The highest BCUT2D eigenvalue weighted by atomic mass is 16.4. The number of rotatable bonds is 8. The molecule has 0 amide bonds. The summed E-state index contributed by atoms with van der Waals surface area (Å²) >= 11 is 0. The van der Waals surface area contributed by atoms with Crippen LogP contribution in [0.25, 0.3) is 0 Å². The van der Waals surface area contributed by atoms with Crippen molar-refractivity contribution < 1.29 is 9.90 Å². The lowest BCUT2D eigenvalue weighted by Crippen LogP contribution is -2.21. The van der Waals surface area contributed by atoms with Crippen LogP contribution in [0.1, 0.15) is 59.3 Å². The van der Waals surface area contributed by atoms with Crippen molar-refractivity contribution in [3.05, 3.63) is 0 Å². The normalized spacial score (nSPS) is 15.1. The monoisotopic (exact) mass is 200 g/mol. The Labute approximate surface area is 87.7 Å². The zero-order chi connectivity index (χ0) is 11.0. The van der Waals surface area contributed by atoms with Crippen molar-refractivity contribution in [2.24, 2.45) is 11.8 Å². The van der Waals surface area contributed by atoms with Crippen molar-refractivity contribution in [2.75, 3.05) is 0 Å². The van der Waals surface area contributed by atoms with Crippen LogP contribution in [0.2, 0.25) is 0 Å². The van der Waals surface area contributed by atoms with Gasteiger partial charge in [0.25, 0.3) is 0 Å². The number of carboxylic acids is 1. The summed E-state index contributed by atoms with van der Waals surface area (Å²) in [6, 6.07) is 0. The van der Waals surface area contributed by atoms with Crippen molar-refractivity contribution in [1.82, 2.24) is 0 Å². The minimum Gasteiger partial charge on any atom is -0.481 e. The first-order chi connectivity index (χ1) is 6.63. The van der Waals surface area contributed by atoms with Gasteiger partial charge in [-0.05, 0) is 18.8 Å². The summed E-state index contributed by atoms with van der Waals surface area (Å²) in [5.74, 6) is -0.410. The lowest BCUT2D eigenvalue weighted by molar-refractivity contribution is -0.143. The lowest BCUT2D eigenvalue weighted by atomic mass is 9.86. The van der Waals surface area contributed by atoms with Gasteiger partial charge in [0.2, 0.25) is 0 Å². The average molecular weight is 200 g/mol. The lowest BCUT2D eigenvalue weighted by Gasteiger charge is -2.19. The Bertz CT molecular complexity index is 154. The van der Waals surface area contributed by atoms with Gasteiger partial charge < -0.3 is 5.11 Å². The number of unbranched alkanes of at least 4 members (excludes halogenated alkanes) is 2. The maximum atomic E-state index is 11.0. The number of carboxylic acid groups (broad SMARTS) is 1. The summed E-state index contributed by atoms with van der Waals surface area (Å²) in [4.78, 5) is 11.0. The molecule has 2 nitrogen and oxygen atoms in total. The zero-order valence-corrected chi connectivity index (χ0v) is 9.75. The minimum absolute atomic E-state index is 0.128. The first-order valence-electron chi connectivity index (χ1n) is 5.86. The Morgan fingerprint density at radius 3 is 2.21 bits per heavy atom. The Morgan fingerprint density at radius 2 is 1.79 bits per heavy atom. The van der Waals surface area contributed by atoms with E-state index in [1.807, 2.05) is 0 Å². The second kappa shape index (κ2) is 7.84. The third-order valence-electron chi connectivity index (χ3n) is 2.87. The van der Waals surface area contributed by atoms with Gasteiger partial charge in [-0.25, -0.2) is 0 Å². The van der Waals surface area contributed by atoms with E-state index in [-0.39, 0.29) is 5.92 Å². The fraction of sp³-hybridized carbons (Fsp3) is 0.917. The van der Waals surface area contributed by atoms with E-state index in [2.05, 4.69) is 20.8 Å². The molecule has 2 unspecified atom stereocenters. The zero-order valence-electron chi connectivity index (χ0n) is 9.75. The quantitative estimate of drug-likeness (QED) is 0.606. The third-order valence-corrected chi connectivity index (χ3v) is 2.87. The summed E-state index contributed by atoms with van der Waals surface area (Å²) in [6.07, 6.45) is 6.45. The highest BCUT2D eigenvalue weighted by Gasteiger charge is 2.22. The molecule has 0 aliphatic heterocycles. The average Bonchev–Trinajstić information content (AvgIpc) is 2.13. The molecule has 0 heterocycles.